The Morgan fingerprint density at radius 2 is 2.45 bits per heavy atom. The van der Waals surface area contributed by atoms with Gasteiger partial charge in [-0.25, -0.2) is 0 Å². The second kappa shape index (κ2) is 4.24. The maximum atomic E-state index is 8.96. The van der Waals surface area contributed by atoms with Crippen LogP contribution in [0.3, 0.4) is 0 Å². The van der Waals surface area contributed by atoms with Crippen molar-refractivity contribution in [3.63, 3.8) is 0 Å². The summed E-state index contributed by atoms with van der Waals surface area (Å²) in [5, 5.41) is 8.96. The predicted molar refractivity (Wildman–Crippen MR) is 49.7 cm³/mol. The Hall–Kier alpha value is 0.140. The quantitative estimate of drug-likeness (QED) is 0.776. The second-order valence-electron chi connectivity index (χ2n) is 2.97. The summed E-state index contributed by atoms with van der Waals surface area (Å²) in [6, 6.07) is 0.365. The highest BCUT2D eigenvalue weighted by Crippen LogP contribution is 2.18. The lowest BCUT2D eigenvalue weighted by molar-refractivity contribution is 0.169. The van der Waals surface area contributed by atoms with Gasteiger partial charge >= 0.3 is 0 Å². The number of aliphatic hydroxyl groups is 1. The predicted octanol–water partition coefficient (Wildman–Crippen LogP) is 1.35. The summed E-state index contributed by atoms with van der Waals surface area (Å²) in [5.74, 6) is 0. The van der Waals surface area contributed by atoms with E-state index in [0.717, 1.165) is 24.0 Å². The molecule has 11 heavy (non-hydrogen) atoms. The third kappa shape index (κ3) is 2.58. The molecular weight excluding hydrogens is 206 g/mol. The molecule has 0 aromatic carbocycles. The summed E-state index contributed by atoms with van der Waals surface area (Å²) in [7, 11) is 0. The molecule has 0 aromatic heterocycles. The normalized spacial score (nSPS) is 25.8. The SMILES string of the molecule is C=C(Br)CN1CCC[C@H]1CO. The molecule has 64 valence electrons. The fraction of sp³-hybridized carbons (Fsp3) is 0.750. The molecule has 0 unspecified atom stereocenters. The van der Waals surface area contributed by atoms with Crippen LogP contribution in [0.5, 0.6) is 0 Å². The molecule has 3 heteroatoms. The lowest BCUT2D eigenvalue weighted by atomic mass is 10.2. The van der Waals surface area contributed by atoms with Crippen molar-refractivity contribution in [2.45, 2.75) is 18.9 Å². The van der Waals surface area contributed by atoms with Crippen LogP contribution in [0.25, 0.3) is 0 Å². The van der Waals surface area contributed by atoms with Gasteiger partial charge in [0.1, 0.15) is 0 Å². The fourth-order valence-corrected chi connectivity index (χ4v) is 1.85. The van der Waals surface area contributed by atoms with Crippen LogP contribution in [0.15, 0.2) is 11.1 Å². The van der Waals surface area contributed by atoms with E-state index in [4.69, 9.17) is 5.11 Å². The molecule has 0 saturated carbocycles. The third-order valence-corrected chi connectivity index (χ3v) is 2.34. The maximum absolute atomic E-state index is 8.96. The van der Waals surface area contributed by atoms with Crippen LogP contribution in [0, 0.1) is 0 Å². The van der Waals surface area contributed by atoms with Crippen molar-refractivity contribution in [2.24, 2.45) is 0 Å². The van der Waals surface area contributed by atoms with Crippen molar-refractivity contribution in [1.29, 1.82) is 0 Å². The van der Waals surface area contributed by atoms with E-state index in [1.807, 2.05) is 0 Å². The lowest BCUT2D eigenvalue weighted by Gasteiger charge is -2.21. The molecule has 2 nitrogen and oxygen atoms in total. The summed E-state index contributed by atoms with van der Waals surface area (Å²) in [5.41, 5.74) is 0. The molecule has 1 heterocycles. The summed E-state index contributed by atoms with van der Waals surface area (Å²) >= 11 is 3.32. The Balaban J connectivity index is 2.37. The summed E-state index contributed by atoms with van der Waals surface area (Å²) in [6.45, 7) is 6.02. The molecule has 1 aliphatic heterocycles. The highest BCUT2D eigenvalue weighted by molar-refractivity contribution is 9.11. The standard InChI is InChI=1S/C8H14BrNO/c1-7(9)5-10-4-2-3-8(10)6-11/h8,11H,1-6H2/t8-/m0/s1. The van der Waals surface area contributed by atoms with E-state index in [-0.39, 0.29) is 6.61 Å². The highest BCUT2D eigenvalue weighted by Gasteiger charge is 2.22. The summed E-state index contributed by atoms with van der Waals surface area (Å²) in [4.78, 5) is 2.26. The first-order valence-electron chi connectivity index (χ1n) is 3.92. The zero-order valence-electron chi connectivity index (χ0n) is 6.59. The minimum atomic E-state index is 0.278. The van der Waals surface area contributed by atoms with Gasteiger partial charge in [-0.1, -0.05) is 22.5 Å². The van der Waals surface area contributed by atoms with E-state index >= 15 is 0 Å². The first-order valence-corrected chi connectivity index (χ1v) is 4.71. The monoisotopic (exact) mass is 219 g/mol. The molecule has 1 N–H and O–H groups in total. The van der Waals surface area contributed by atoms with E-state index in [2.05, 4.69) is 27.4 Å². The smallest absolute Gasteiger partial charge is 0.0587 e. The average Bonchev–Trinajstić information content (AvgIpc) is 2.34. The van der Waals surface area contributed by atoms with E-state index in [1.54, 1.807) is 0 Å². The first kappa shape index (κ1) is 9.23. The molecule has 0 bridgehead atoms. The highest BCUT2D eigenvalue weighted by atomic mass is 79.9. The van der Waals surface area contributed by atoms with Crippen molar-refractivity contribution in [2.75, 3.05) is 19.7 Å². The van der Waals surface area contributed by atoms with Gasteiger partial charge in [-0.2, -0.15) is 0 Å². The van der Waals surface area contributed by atoms with Crippen LogP contribution in [-0.4, -0.2) is 35.7 Å². The third-order valence-electron chi connectivity index (χ3n) is 2.08. The number of halogens is 1. The van der Waals surface area contributed by atoms with Gasteiger partial charge in [-0.05, 0) is 19.4 Å². The molecule has 0 aromatic rings. The van der Waals surface area contributed by atoms with Crippen LogP contribution in [0.2, 0.25) is 0 Å². The van der Waals surface area contributed by atoms with E-state index < -0.39 is 0 Å². The molecule has 1 aliphatic rings. The van der Waals surface area contributed by atoms with Gasteiger partial charge in [0, 0.05) is 17.1 Å². The molecule has 0 radical (unpaired) electrons. The topological polar surface area (TPSA) is 23.5 Å². The minimum absolute atomic E-state index is 0.278. The molecule has 1 fully saturated rings. The maximum Gasteiger partial charge on any atom is 0.0587 e. The Bertz CT molecular complexity index is 149. The van der Waals surface area contributed by atoms with Crippen molar-refractivity contribution in [3.8, 4) is 0 Å². The molecule has 1 rings (SSSR count). The van der Waals surface area contributed by atoms with Crippen LogP contribution >= 0.6 is 15.9 Å². The molecule has 0 spiro atoms. The van der Waals surface area contributed by atoms with Crippen molar-refractivity contribution in [3.05, 3.63) is 11.1 Å². The van der Waals surface area contributed by atoms with E-state index in [0.29, 0.717) is 6.04 Å². The Kier molecular flexibility index (Phi) is 3.55. The van der Waals surface area contributed by atoms with E-state index in [1.165, 1.54) is 6.42 Å². The van der Waals surface area contributed by atoms with Crippen molar-refractivity contribution >= 4 is 15.9 Å². The molecule has 0 aliphatic carbocycles. The van der Waals surface area contributed by atoms with E-state index in [9.17, 15) is 0 Å². The van der Waals surface area contributed by atoms with Gasteiger partial charge in [-0.15, -0.1) is 0 Å². The summed E-state index contributed by atoms with van der Waals surface area (Å²) in [6.07, 6.45) is 2.32. The van der Waals surface area contributed by atoms with Gasteiger partial charge in [0.15, 0.2) is 0 Å². The van der Waals surface area contributed by atoms with Gasteiger partial charge in [0.25, 0.3) is 0 Å². The van der Waals surface area contributed by atoms with Crippen molar-refractivity contribution < 1.29 is 5.11 Å². The number of rotatable bonds is 3. The molecule has 0 amide bonds. The molecule has 1 atom stereocenters. The minimum Gasteiger partial charge on any atom is -0.395 e. The largest absolute Gasteiger partial charge is 0.395 e. The Morgan fingerprint density at radius 1 is 1.73 bits per heavy atom. The van der Waals surface area contributed by atoms with Crippen LogP contribution in [-0.2, 0) is 0 Å². The number of aliphatic hydroxyl groups excluding tert-OH is 1. The average molecular weight is 220 g/mol. The lowest BCUT2D eigenvalue weighted by Crippen LogP contribution is -2.32. The number of hydrogen-bond acceptors (Lipinski definition) is 2. The number of nitrogens with zero attached hydrogens (tertiary/aromatic N) is 1. The fourth-order valence-electron chi connectivity index (χ4n) is 1.53. The Labute approximate surface area is 76.0 Å². The van der Waals surface area contributed by atoms with Gasteiger partial charge in [0.05, 0.1) is 6.61 Å². The van der Waals surface area contributed by atoms with Crippen molar-refractivity contribution in [1.82, 2.24) is 4.90 Å². The van der Waals surface area contributed by atoms with Gasteiger partial charge < -0.3 is 5.11 Å². The first-order chi connectivity index (χ1) is 5.24. The van der Waals surface area contributed by atoms with Crippen LogP contribution in [0.1, 0.15) is 12.8 Å². The van der Waals surface area contributed by atoms with Gasteiger partial charge in [0.2, 0.25) is 0 Å². The summed E-state index contributed by atoms with van der Waals surface area (Å²) < 4.78 is 0.998. The second-order valence-corrected chi connectivity index (χ2v) is 4.09. The molecule has 1 saturated heterocycles. The molecular formula is C8H14BrNO. The van der Waals surface area contributed by atoms with Gasteiger partial charge in [-0.3, -0.25) is 4.90 Å². The zero-order chi connectivity index (χ0) is 8.27. The van der Waals surface area contributed by atoms with Crippen LogP contribution < -0.4 is 0 Å². The zero-order valence-corrected chi connectivity index (χ0v) is 8.18. The van der Waals surface area contributed by atoms with Crippen LogP contribution in [0.4, 0.5) is 0 Å². The Morgan fingerprint density at radius 3 is 3.00 bits per heavy atom. The number of hydrogen-bond donors (Lipinski definition) is 1. The number of likely N-dealkylation sites (tertiary alicyclic amines) is 1.